The number of hydrogen-bond donors (Lipinski definition) is 1. The lowest BCUT2D eigenvalue weighted by atomic mass is 10.1. The molecule has 0 bridgehead atoms. The van der Waals surface area contributed by atoms with Gasteiger partial charge in [0, 0.05) is 18.2 Å². The van der Waals surface area contributed by atoms with E-state index in [9.17, 15) is 14.9 Å². The third-order valence-corrected chi connectivity index (χ3v) is 4.29. The number of unbranched alkanes of at least 4 members (excludes halogenated alkanes) is 8. The van der Waals surface area contributed by atoms with Crippen LogP contribution in [0.1, 0.15) is 75.1 Å². The molecule has 0 saturated carbocycles. The summed E-state index contributed by atoms with van der Waals surface area (Å²) in [5, 5.41) is 13.7. The van der Waals surface area contributed by atoms with E-state index >= 15 is 0 Å². The van der Waals surface area contributed by atoms with Crippen molar-refractivity contribution in [2.75, 3.05) is 6.54 Å². The summed E-state index contributed by atoms with van der Waals surface area (Å²) >= 11 is 5.74. The van der Waals surface area contributed by atoms with Crippen molar-refractivity contribution in [2.24, 2.45) is 0 Å². The predicted molar refractivity (Wildman–Crippen MR) is 97.7 cm³/mol. The molecule has 1 rings (SSSR count). The number of nitro groups is 1. The van der Waals surface area contributed by atoms with Gasteiger partial charge < -0.3 is 5.32 Å². The average molecular weight is 355 g/mol. The van der Waals surface area contributed by atoms with Gasteiger partial charge in [-0.05, 0) is 18.6 Å². The number of hydrogen-bond acceptors (Lipinski definition) is 3. The van der Waals surface area contributed by atoms with Crippen molar-refractivity contribution < 1.29 is 9.72 Å². The third kappa shape index (κ3) is 7.77. The van der Waals surface area contributed by atoms with Gasteiger partial charge in [-0.15, -0.1) is 0 Å². The Morgan fingerprint density at radius 2 is 1.67 bits per heavy atom. The van der Waals surface area contributed by atoms with Crippen LogP contribution in [0.25, 0.3) is 0 Å². The summed E-state index contributed by atoms with van der Waals surface area (Å²) in [6.45, 7) is 2.81. The van der Waals surface area contributed by atoms with Crippen molar-refractivity contribution in [1.29, 1.82) is 0 Å². The van der Waals surface area contributed by atoms with Crippen molar-refractivity contribution in [3.05, 3.63) is 38.9 Å². The lowest BCUT2D eigenvalue weighted by Gasteiger charge is -2.06. The highest BCUT2D eigenvalue weighted by molar-refractivity contribution is 6.32. The highest BCUT2D eigenvalue weighted by Gasteiger charge is 2.15. The maximum atomic E-state index is 12.0. The highest BCUT2D eigenvalue weighted by atomic mass is 35.5. The first-order valence-corrected chi connectivity index (χ1v) is 9.16. The Balaban J connectivity index is 2.18. The monoisotopic (exact) mass is 354 g/mol. The number of rotatable bonds is 12. The standard InChI is InChI=1S/C18H27ClN2O3/c1-2-3-4-5-6-7-8-9-10-13-20-18(22)15-11-12-16(19)17(14-15)21(23)24/h11-12,14H,2-10,13H2,1H3,(H,20,22). The van der Waals surface area contributed by atoms with Crippen LogP contribution in [0.15, 0.2) is 18.2 Å². The van der Waals surface area contributed by atoms with Gasteiger partial charge in [0.2, 0.25) is 0 Å². The van der Waals surface area contributed by atoms with Crippen molar-refractivity contribution in [3.63, 3.8) is 0 Å². The van der Waals surface area contributed by atoms with Crippen molar-refractivity contribution in [3.8, 4) is 0 Å². The topological polar surface area (TPSA) is 72.2 Å². The lowest BCUT2D eigenvalue weighted by Crippen LogP contribution is -2.24. The van der Waals surface area contributed by atoms with E-state index in [1.165, 1.54) is 63.1 Å². The molecule has 0 heterocycles. The molecule has 0 spiro atoms. The lowest BCUT2D eigenvalue weighted by molar-refractivity contribution is -0.384. The van der Waals surface area contributed by atoms with Crippen LogP contribution < -0.4 is 5.32 Å². The average Bonchev–Trinajstić information content (AvgIpc) is 2.56. The summed E-state index contributed by atoms with van der Waals surface area (Å²) in [4.78, 5) is 22.2. The molecule has 0 aliphatic heterocycles. The molecule has 134 valence electrons. The first-order chi connectivity index (χ1) is 11.6. The molecular formula is C18H27ClN2O3. The zero-order valence-electron chi connectivity index (χ0n) is 14.4. The Kier molecular flexibility index (Phi) is 10.1. The second kappa shape index (κ2) is 11.8. The molecule has 0 aliphatic rings. The molecule has 24 heavy (non-hydrogen) atoms. The van der Waals surface area contributed by atoms with Gasteiger partial charge in [0.25, 0.3) is 11.6 Å². The molecular weight excluding hydrogens is 328 g/mol. The van der Waals surface area contributed by atoms with Crippen LogP contribution >= 0.6 is 11.6 Å². The normalized spacial score (nSPS) is 10.6. The predicted octanol–water partition coefficient (Wildman–Crippen LogP) is 5.51. The number of nitrogens with zero attached hydrogens (tertiary/aromatic N) is 1. The van der Waals surface area contributed by atoms with Crippen LogP contribution in [0.4, 0.5) is 5.69 Å². The molecule has 5 nitrogen and oxygen atoms in total. The number of carbonyl (C=O) groups is 1. The Bertz CT molecular complexity index is 535. The van der Waals surface area contributed by atoms with Crippen molar-refractivity contribution in [2.45, 2.75) is 64.7 Å². The number of benzene rings is 1. The van der Waals surface area contributed by atoms with E-state index in [-0.39, 0.29) is 22.2 Å². The maximum Gasteiger partial charge on any atom is 0.288 e. The van der Waals surface area contributed by atoms with Crippen molar-refractivity contribution in [1.82, 2.24) is 5.32 Å². The number of nitrogens with one attached hydrogen (secondary N) is 1. The molecule has 0 fully saturated rings. The van der Waals surface area contributed by atoms with E-state index in [0.29, 0.717) is 6.54 Å². The second-order valence-electron chi connectivity index (χ2n) is 6.01. The molecule has 0 aliphatic carbocycles. The molecule has 0 radical (unpaired) electrons. The van der Waals surface area contributed by atoms with Gasteiger partial charge in [-0.1, -0.05) is 69.9 Å². The quantitative estimate of drug-likeness (QED) is 0.305. The molecule has 0 atom stereocenters. The highest BCUT2D eigenvalue weighted by Crippen LogP contribution is 2.24. The molecule has 1 aromatic carbocycles. The molecule has 6 heteroatoms. The van der Waals surface area contributed by atoms with Gasteiger partial charge in [0.1, 0.15) is 5.02 Å². The minimum absolute atomic E-state index is 0.0375. The fraction of sp³-hybridized carbons (Fsp3) is 0.611. The SMILES string of the molecule is CCCCCCCCCCCNC(=O)c1ccc(Cl)c([N+](=O)[O-])c1. The molecule has 0 unspecified atom stereocenters. The van der Waals surface area contributed by atoms with Crippen LogP contribution in [0.2, 0.25) is 5.02 Å². The smallest absolute Gasteiger partial charge is 0.288 e. The summed E-state index contributed by atoms with van der Waals surface area (Å²) in [5.41, 5.74) is 0.0226. The zero-order chi connectivity index (χ0) is 17.8. The van der Waals surface area contributed by atoms with Crippen molar-refractivity contribution >= 4 is 23.2 Å². The van der Waals surface area contributed by atoms with Crippen LogP contribution in [-0.4, -0.2) is 17.4 Å². The summed E-state index contributed by atoms with van der Waals surface area (Å²) in [6, 6.07) is 4.10. The van der Waals surface area contributed by atoms with E-state index in [2.05, 4.69) is 12.2 Å². The van der Waals surface area contributed by atoms with Crippen LogP contribution in [0.5, 0.6) is 0 Å². The van der Waals surface area contributed by atoms with E-state index in [1.54, 1.807) is 0 Å². The Hall–Kier alpha value is -1.62. The molecule has 1 amide bonds. The van der Waals surface area contributed by atoms with E-state index < -0.39 is 4.92 Å². The summed E-state index contributed by atoms with van der Waals surface area (Å²) in [5.74, 6) is -0.297. The number of amides is 1. The van der Waals surface area contributed by atoms with Crippen LogP contribution in [0, 0.1) is 10.1 Å². The van der Waals surface area contributed by atoms with E-state index in [0.717, 1.165) is 12.8 Å². The van der Waals surface area contributed by atoms with Crippen LogP contribution in [-0.2, 0) is 0 Å². The molecule has 0 saturated heterocycles. The first kappa shape index (κ1) is 20.4. The number of nitro benzene ring substituents is 1. The van der Waals surface area contributed by atoms with Crippen LogP contribution in [0.3, 0.4) is 0 Å². The largest absolute Gasteiger partial charge is 0.352 e. The van der Waals surface area contributed by atoms with Gasteiger partial charge in [-0.2, -0.15) is 0 Å². The second-order valence-corrected chi connectivity index (χ2v) is 6.41. The summed E-state index contributed by atoms with van der Waals surface area (Å²) in [6.07, 6.45) is 11.0. The fourth-order valence-corrected chi connectivity index (χ4v) is 2.72. The molecule has 1 N–H and O–H groups in total. The minimum atomic E-state index is -0.584. The zero-order valence-corrected chi connectivity index (χ0v) is 15.1. The summed E-state index contributed by atoms with van der Waals surface area (Å²) < 4.78 is 0. The Morgan fingerprint density at radius 1 is 1.08 bits per heavy atom. The maximum absolute atomic E-state index is 12.0. The number of carbonyl (C=O) groups excluding carboxylic acids is 1. The summed E-state index contributed by atoms with van der Waals surface area (Å²) in [7, 11) is 0. The van der Waals surface area contributed by atoms with Gasteiger partial charge >= 0.3 is 0 Å². The van der Waals surface area contributed by atoms with E-state index in [4.69, 9.17) is 11.6 Å². The minimum Gasteiger partial charge on any atom is -0.352 e. The van der Waals surface area contributed by atoms with E-state index in [1.807, 2.05) is 0 Å². The number of halogens is 1. The third-order valence-electron chi connectivity index (χ3n) is 3.97. The van der Waals surface area contributed by atoms with Gasteiger partial charge in [-0.3, -0.25) is 14.9 Å². The van der Waals surface area contributed by atoms with Gasteiger partial charge in [-0.25, -0.2) is 0 Å². The Labute approximate surface area is 148 Å². The molecule has 0 aromatic heterocycles. The fourth-order valence-electron chi connectivity index (χ4n) is 2.53. The first-order valence-electron chi connectivity index (χ1n) is 8.78. The molecule has 1 aromatic rings. The Morgan fingerprint density at radius 3 is 2.25 bits per heavy atom. The van der Waals surface area contributed by atoms with Gasteiger partial charge in [0.15, 0.2) is 0 Å². The van der Waals surface area contributed by atoms with Gasteiger partial charge in [0.05, 0.1) is 4.92 Å².